The van der Waals surface area contributed by atoms with Gasteiger partial charge >= 0.3 is 0 Å². The van der Waals surface area contributed by atoms with Crippen LogP contribution in [0.15, 0.2) is 18.2 Å². The summed E-state index contributed by atoms with van der Waals surface area (Å²) in [6.45, 7) is 3.16. The minimum absolute atomic E-state index is 0.282. The zero-order valence-corrected chi connectivity index (χ0v) is 9.88. The average molecular weight is 217 g/mol. The van der Waals surface area contributed by atoms with Crippen molar-refractivity contribution in [3.05, 3.63) is 29.3 Å². The zero-order valence-electron chi connectivity index (χ0n) is 9.88. The third-order valence-electron chi connectivity index (χ3n) is 3.15. The van der Waals surface area contributed by atoms with Crippen LogP contribution in [0.3, 0.4) is 0 Å². The number of benzene rings is 1. The molecule has 0 unspecified atom stereocenters. The number of anilines is 1. The largest absolute Gasteiger partial charge is 0.384 e. The topological polar surface area (TPSA) is 29.1 Å². The summed E-state index contributed by atoms with van der Waals surface area (Å²) >= 11 is 0. The van der Waals surface area contributed by atoms with Crippen LogP contribution in [0, 0.1) is 0 Å². The van der Waals surface area contributed by atoms with E-state index in [2.05, 4.69) is 18.3 Å². The SMILES string of the molecule is CCCCCC(=O)c1ccc2c(c1)NCC2. The maximum atomic E-state index is 11.9. The lowest BCUT2D eigenvalue weighted by molar-refractivity contribution is 0.0979. The van der Waals surface area contributed by atoms with E-state index in [9.17, 15) is 4.79 Å². The van der Waals surface area contributed by atoms with Gasteiger partial charge in [-0.2, -0.15) is 0 Å². The fourth-order valence-electron chi connectivity index (χ4n) is 2.14. The molecule has 0 atom stereocenters. The Bertz CT molecular complexity index is 384. The van der Waals surface area contributed by atoms with Gasteiger partial charge < -0.3 is 5.32 Å². The van der Waals surface area contributed by atoms with Crippen molar-refractivity contribution in [2.45, 2.75) is 39.0 Å². The lowest BCUT2D eigenvalue weighted by Gasteiger charge is -2.04. The second-order valence-electron chi connectivity index (χ2n) is 4.43. The summed E-state index contributed by atoms with van der Waals surface area (Å²) in [6.07, 6.45) is 5.10. The Kier molecular flexibility index (Phi) is 3.60. The molecule has 0 bridgehead atoms. The fraction of sp³-hybridized carbons (Fsp3) is 0.500. The highest BCUT2D eigenvalue weighted by molar-refractivity contribution is 5.97. The molecule has 0 spiro atoms. The molecule has 1 aliphatic rings. The molecule has 1 aliphatic heterocycles. The van der Waals surface area contributed by atoms with E-state index < -0.39 is 0 Å². The van der Waals surface area contributed by atoms with Gasteiger partial charge in [-0.05, 0) is 24.5 Å². The molecule has 0 aromatic heterocycles. The second-order valence-corrected chi connectivity index (χ2v) is 4.43. The summed E-state index contributed by atoms with van der Waals surface area (Å²) in [5, 5.41) is 3.31. The van der Waals surface area contributed by atoms with E-state index >= 15 is 0 Å². The fourth-order valence-corrected chi connectivity index (χ4v) is 2.14. The van der Waals surface area contributed by atoms with Crippen molar-refractivity contribution in [1.82, 2.24) is 0 Å². The Morgan fingerprint density at radius 2 is 2.25 bits per heavy atom. The first-order valence-electron chi connectivity index (χ1n) is 6.21. The maximum Gasteiger partial charge on any atom is 0.162 e. The van der Waals surface area contributed by atoms with E-state index in [1.807, 2.05) is 12.1 Å². The van der Waals surface area contributed by atoms with E-state index in [-0.39, 0.29) is 5.78 Å². The highest BCUT2D eigenvalue weighted by atomic mass is 16.1. The molecular formula is C14H19NO. The number of Topliss-reactive ketones (excluding diaryl/α,β-unsaturated/α-hetero) is 1. The van der Waals surface area contributed by atoms with Crippen molar-refractivity contribution >= 4 is 11.5 Å². The molecule has 1 aromatic rings. The summed E-state index contributed by atoms with van der Waals surface area (Å²) in [5.41, 5.74) is 3.36. The molecule has 0 fully saturated rings. The van der Waals surface area contributed by atoms with E-state index in [4.69, 9.17) is 0 Å². The molecule has 0 saturated heterocycles. The quantitative estimate of drug-likeness (QED) is 0.605. The zero-order chi connectivity index (χ0) is 11.4. The predicted molar refractivity (Wildman–Crippen MR) is 67.1 cm³/mol. The van der Waals surface area contributed by atoms with Gasteiger partial charge in [-0.15, -0.1) is 0 Å². The molecule has 0 amide bonds. The Morgan fingerprint density at radius 1 is 1.38 bits per heavy atom. The normalized spacial score (nSPS) is 13.3. The molecule has 0 saturated carbocycles. The van der Waals surface area contributed by atoms with Gasteiger partial charge in [0.05, 0.1) is 0 Å². The van der Waals surface area contributed by atoms with Crippen LogP contribution in [-0.4, -0.2) is 12.3 Å². The first-order chi connectivity index (χ1) is 7.81. The molecule has 2 rings (SSSR count). The third kappa shape index (κ3) is 2.43. The number of unbranched alkanes of at least 4 members (excludes halogenated alkanes) is 2. The summed E-state index contributed by atoms with van der Waals surface area (Å²) in [7, 11) is 0. The van der Waals surface area contributed by atoms with Gasteiger partial charge in [-0.25, -0.2) is 0 Å². The molecule has 2 nitrogen and oxygen atoms in total. The number of carbonyl (C=O) groups excluding carboxylic acids is 1. The lowest BCUT2D eigenvalue weighted by Crippen LogP contribution is -2.00. The van der Waals surface area contributed by atoms with Crippen molar-refractivity contribution in [2.24, 2.45) is 0 Å². The third-order valence-corrected chi connectivity index (χ3v) is 3.15. The molecular weight excluding hydrogens is 198 g/mol. The van der Waals surface area contributed by atoms with Gasteiger partial charge in [0.2, 0.25) is 0 Å². The van der Waals surface area contributed by atoms with Gasteiger partial charge in [-0.1, -0.05) is 31.9 Å². The molecule has 1 aromatic carbocycles. The lowest BCUT2D eigenvalue weighted by atomic mass is 10.0. The van der Waals surface area contributed by atoms with Crippen molar-refractivity contribution in [3.8, 4) is 0 Å². The van der Waals surface area contributed by atoms with Crippen LogP contribution in [-0.2, 0) is 6.42 Å². The minimum atomic E-state index is 0.282. The van der Waals surface area contributed by atoms with Crippen molar-refractivity contribution in [2.75, 3.05) is 11.9 Å². The number of hydrogen-bond acceptors (Lipinski definition) is 2. The van der Waals surface area contributed by atoms with Gasteiger partial charge in [-0.3, -0.25) is 4.79 Å². The molecule has 16 heavy (non-hydrogen) atoms. The molecule has 86 valence electrons. The van der Waals surface area contributed by atoms with Crippen molar-refractivity contribution in [1.29, 1.82) is 0 Å². The molecule has 2 heteroatoms. The summed E-state index contributed by atoms with van der Waals surface area (Å²) < 4.78 is 0. The standard InChI is InChI=1S/C14H19NO/c1-2-3-4-5-14(16)12-7-6-11-8-9-15-13(11)10-12/h6-7,10,15H,2-5,8-9H2,1H3. The van der Waals surface area contributed by atoms with Gasteiger partial charge in [0.15, 0.2) is 5.78 Å². The van der Waals surface area contributed by atoms with Crippen LogP contribution < -0.4 is 5.32 Å². The number of rotatable bonds is 5. The van der Waals surface area contributed by atoms with Gasteiger partial charge in [0.1, 0.15) is 0 Å². The Morgan fingerprint density at radius 3 is 3.06 bits per heavy atom. The Balaban J connectivity index is 2.01. The van der Waals surface area contributed by atoms with E-state index in [1.165, 1.54) is 12.0 Å². The van der Waals surface area contributed by atoms with Crippen molar-refractivity contribution in [3.63, 3.8) is 0 Å². The number of nitrogens with one attached hydrogen (secondary N) is 1. The van der Waals surface area contributed by atoms with E-state index in [1.54, 1.807) is 0 Å². The highest BCUT2D eigenvalue weighted by Crippen LogP contribution is 2.24. The summed E-state index contributed by atoms with van der Waals surface area (Å²) in [4.78, 5) is 11.9. The smallest absolute Gasteiger partial charge is 0.162 e. The van der Waals surface area contributed by atoms with Crippen LogP contribution in [0.5, 0.6) is 0 Å². The Labute approximate surface area is 97.1 Å². The maximum absolute atomic E-state index is 11.9. The van der Waals surface area contributed by atoms with Crippen LogP contribution in [0.4, 0.5) is 5.69 Å². The van der Waals surface area contributed by atoms with Crippen LogP contribution in [0.2, 0.25) is 0 Å². The first-order valence-corrected chi connectivity index (χ1v) is 6.21. The highest BCUT2D eigenvalue weighted by Gasteiger charge is 2.12. The second kappa shape index (κ2) is 5.15. The van der Waals surface area contributed by atoms with Crippen LogP contribution >= 0.6 is 0 Å². The Hall–Kier alpha value is -1.31. The van der Waals surface area contributed by atoms with Crippen molar-refractivity contribution < 1.29 is 4.79 Å². The van der Waals surface area contributed by atoms with E-state index in [0.717, 1.165) is 37.1 Å². The number of hydrogen-bond donors (Lipinski definition) is 1. The average Bonchev–Trinajstić information content (AvgIpc) is 2.76. The monoisotopic (exact) mass is 217 g/mol. The molecule has 0 radical (unpaired) electrons. The number of carbonyl (C=O) groups is 1. The van der Waals surface area contributed by atoms with Crippen LogP contribution in [0.25, 0.3) is 0 Å². The minimum Gasteiger partial charge on any atom is -0.384 e. The molecule has 0 aliphatic carbocycles. The predicted octanol–water partition coefficient (Wildman–Crippen LogP) is 3.42. The first kappa shape index (κ1) is 11.2. The summed E-state index contributed by atoms with van der Waals surface area (Å²) in [5.74, 6) is 0.282. The van der Waals surface area contributed by atoms with Crippen LogP contribution in [0.1, 0.15) is 48.5 Å². The van der Waals surface area contributed by atoms with Gasteiger partial charge in [0, 0.05) is 24.2 Å². The van der Waals surface area contributed by atoms with Gasteiger partial charge in [0.25, 0.3) is 0 Å². The number of fused-ring (bicyclic) bond motifs is 1. The molecule has 1 heterocycles. The van der Waals surface area contributed by atoms with E-state index in [0.29, 0.717) is 6.42 Å². The number of ketones is 1. The summed E-state index contributed by atoms with van der Waals surface area (Å²) in [6, 6.07) is 6.07. The molecule has 1 N–H and O–H groups in total.